The van der Waals surface area contributed by atoms with Crippen LogP contribution in [0.4, 0.5) is 5.69 Å². The SMILES string of the molecule is CCOc1ccc(C2=C(N3CC(C)OC(C)C3)C(=O)N(c3cccc(OC)c3)C2=O)cc1. The van der Waals surface area contributed by atoms with Crippen LogP contribution in [0.2, 0.25) is 0 Å². The lowest BCUT2D eigenvalue weighted by Crippen LogP contribution is -2.47. The predicted octanol–water partition coefficient (Wildman–Crippen LogP) is 3.49. The fourth-order valence-corrected chi connectivity index (χ4v) is 4.30. The molecule has 7 heteroatoms. The number of carbonyl (C=O) groups excluding carboxylic acids is 2. The Kier molecular flexibility index (Phi) is 6.19. The molecule has 32 heavy (non-hydrogen) atoms. The van der Waals surface area contributed by atoms with Gasteiger partial charge in [-0.2, -0.15) is 0 Å². The molecule has 2 aliphatic rings. The van der Waals surface area contributed by atoms with Crippen LogP contribution >= 0.6 is 0 Å². The average Bonchev–Trinajstić information content (AvgIpc) is 3.04. The summed E-state index contributed by atoms with van der Waals surface area (Å²) in [6.07, 6.45) is -0.108. The monoisotopic (exact) mass is 436 g/mol. The molecule has 1 saturated heterocycles. The Morgan fingerprint density at radius 2 is 1.66 bits per heavy atom. The van der Waals surface area contributed by atoms with E-state index in [0.29, 0.717) is 53.7 Å². The van der Waals surface area contributed by atoms with E-state index >= 15 is 0 Å². The van der Waals surface area contributed by atoms with E-state index in [9.17, 15) is 9.59 Å². The fourth-order valence-electron chi connectivity index (χ4n) is 4.30. The molecule has 0 bridgehead atoms. The van der Waals surface area contributed by atoms with Gasteiger partial charge < -0.3 is 19.1 Å². The molecule has 1 fully saturated rings. The van der Waals surface area contributed by atoms with Gasteiger partial charge in [0.05, 0.1) is 37.2 Å². The van der Waals surface area contributed by atoms with Crippen LogP contribution in [0.15, 0.2) is 54.2 Å². The van der Waals surface area contributed by atoms with E-state index < -0.39 is 0 Å². The quantitative estimate of drug-likeness (QED) is 0.646. The summed E-state index contributed by atoms with van der Waals surface area (Å²) in [5, 5.41) is 0. The van der Waals surface area contributed by atoms with Gasteiger partial charge >= 0.3 is 0 Å². The van der Waals surface area contributed by atoms with Crippen LogP contribution in [0.1, 0.15) is 26.3 Å². The smallest absolute Gasteiger partial charge is 0.282 e. The number of rotatable bonds is 6. The highest BCUT2D eigenvalue weighted by molar-refractivity contribution is 6.45. The maximum atomic E-state index is 13.7. The van der Waals surface area contributed by atoms with Gasteiger partial charge in [0.1, 0.15) is 17.2 Å². The maximum Gasteiger partial charge on any atom is 0.282 e. The molecule has 0 aromatic heterocycles. The molecule has 2 aromatic carbocycles. The van der Waals surface area contributed by atoms with Gasteiger partial charge in [0.15, 0.2) is 0 Å². The molecular formula is C25H28N2O5. The largest absolute Gasteiger partial charge is 0.497 e. The number of nitrogens with zero attached hydrogens (tertiary/aromatic N) is 2. The second-order valence-electron chi connectivity index (χ2n) is 7.99. The summed E-state index contributed by atoms with van der Waals surface area (Å²) < 4.78 is 16.7. The molecule has 0 N–H and O–H groups in total. The molecule has 7 nitrogen and oxygen atoms in total. The van der Waals surface area contributed by atoms with Gasteiger partial charge in [0.2, 0.25) is 0 Å². The second-order valence-corrected chi connectivity index (χ2v) is 7.99. The molecule has 0 saturated carbocycles. The van der Waals surface area contributed by atoms with E-state index in [1.807, 2.05) is 49.9 Å². The van der Waals surface area contributed by atoms with E-state index in [1.54, 1.807) is 31.4 Å². The van der Waals surface area contributed by atoms with Gasteiger partial charge in [-0.05, 0) is 50.6 Å². The fraction of sp³-hybridized carbons (Fsp3) is 0.360. The van der Waals surface area contributed by atoms with Crippen molar-refractivity contribution >= 4 is 23.1 Å². The minimum absolute atomic E-state index is 0.0541. The van der Waals surface area contributed by atoms with Gasteiger partial charge in [0.25, 0.3) is 11.8 Å². The van der Waals surface area contributed by atoms with Gasteiger partial charge in [0, 0.05) is 19.2 Å². The third-order valence-electron chi connectivity index (χ3n) is 5.56. The Bertz CT molecular complexity index is 1040. The lowest BCUT2D eigenvalue weighted by molar-refractivity contribution is -0.121. The summed E-state index contributed by atoms with van der Waals surface area (Å²) in [4.78, 5) is 30.5. The summed E-state index contributed by atoms with van der Waals surface area (Å²) in [5.41, 5.74) is 1.96. The molecule has 2 unspecified atom stereocenters. The molecule has 2 aromatic rings. The number of benzene rings is 2. The summed E-state index contributed by atoms with van der Waals surface area (Å²) >= 11 is 0. The van der Waals surface area contributed by atoms with Crippen LogP contribution in [0.5, 0.6) is 11.5 Å². The number of imide groups is 1. The molecule has 2 aliphatic heterocycles. The van der Waals surface area contributed by atoms with Crippen molar-refractivity contribution in [3.8, 4) is 11.5 Å². The third-order valence-corrected chi connectivity index (χ3v) is 5.56. The number of hydrogen-bond donors (Lipinski definition) is 0. The first-order valence-corrected chi connectivity index (χ1v) is 10.8. The Hall–Kier alpha value is -3.32. The van der Waals surface area contributed by atoms with Crippen LogP contribution in [0, 0.1) is 0 Å². The Labute approximate surface area is 188 Å². The molecule has 0 spiro atoms. The van der Waals surface area contributed by atoms with Crippen LogP contribution in [-0.2, 0) is 14.3 Å². The van der Waals surface area contributed by atoms with Gasteiger partial charge in [-0.25, -0.2) is 4.90 Å². The number of ether oxygens (including phenoxy) is 3. The van der Waals surface area contributed by atoms with Gasteiger partial charge in [-0.15, -0.1) is 0 Å². The predicted molar refractivity (Wildman–Crippen MR) is 122 cm³/mol. The van der Waals surface area contributed by atoms with Crippen molar-refractivity contribution in [2.24, 2.45) is 0 Å². The average molecular weight is 437 g/mol. The number of anilines is 1. The topological polar surface area (TPSA) is 68.3 Å². The van der Waals surface area contributed by atoms with Crippen molar-refractivity contribution in [3.63, 3.8) is 0 Å². The van der Waals surface area contributed by atoms with Crippen molar-refractivity contribution in [3.05, 3.63) is 59.8 Å². The van der Waals surface area contributed by atoms with E-state index in [-0.39, 0.29) is 24.0 Å². The molecule has 168 valence electrons. The molecule has 0 aliphatic carbocycles. The molecule has 0 radical (unpaired) electrons. The van der Waals surface area contributed by atoms with E-state index in [0.717, 1.165) is 0 Å². The van der Waals surface area contributed by atoms with Crippen molar-refractivity contribution in [2.45, 2.75) is 33.0 Å². The number of methoxy groups -OCH3 is 1. The molecule has 2 amide bonds. The van der Waals surface area contributed by atoms with Crippen molar-refractivity contribution in [1.82, 2.24) is 4.90 Å². The van der Waals surface area contributed by atoms with Crippen molar-refractivity contribution < 1.29 is 23.8 Å². The van der Waals surface area contributed by atoms with E-state index in [1.165, 1.54) is 4.90 Å². The van der Waals surface area contributed by atoms with Crippen LogP contribution in [0.25, 0.3) is 5.57 Å². The van der Waals surface area contributed by atoms with Crippen LogP contribution < -0.4 is 14.4 Å². The molecule has 2 atom stereocenters. The summed E-state index contributed by atoms with van der Waals surface area (Å²) in [7, 11) is 1.55. The summed E-state index contributed by atoms with van der Waals surface area (Å²) in [6.45, 7) is 7.48. The van der Waals surface area contributed by atoms with Gasteiger partial charge in [-0.1, -0.05) is 18.2 Å². The standard InChI is InChI=1S/C25H28N2O5/c1-5-31-20-11-9-18(10-12-20)22-23(26-14-16(2)32-17(3)15-26)25(29)27(24(22)28)19-7-6-8-21(13-19)30-4/h6-13,16-17H,5,14-15H2,1-4H3. The maximum absolute atomic E-state index is 13.7. The van der Waals surface area contributed by atoms with Crippen LogP contribution in [0.3, 0.4) is 0 Å². The zero-order valence-electron chi connectivity index (χ0n) is 18.8. The minimum atomic E-state index is -0.353. The highest BCUT2D eigenvalue weighted by Crippen LogP contribution is 2.37. The highest BCUT2D eigenvalue weighted by Gasteiger charge is 2.44. The lowest BCUT2D eigenvalue weighted by atomic mass is 10.0. The zero-order chi connectivity index (χ0) is 22.8. The first kappa shape index (κ1) is 21.9. The van der Waals surface area contributed by atoms with Crippen molar-refractivity contribution in [2.75, 3.05) is 31.7 Å². The molecule has 4 rings (SSSR count). The normalized spacial score (nSPS) is 21.4. The lowest BCUT2D eigenvalue weighted by Gasteiger charge is -2.37. The van der Waals surface area contributed by atoms with E-state index in [2.05, 4.69) is 0 Å². The number of morpholine rings is 1. The molecular weight excluding hydrogens is 408 g/mol. The van der Waals surface area contributed by atoms with E-state index in [4.69, 9.17) is 14.2 Å². The minimum Gasteiger partial charge on any atom is -0.497 e. The Morgan fingerprint density at radius 3 is 2.28 bits per heavy atom. The summed E-state index contributed by atoms with van der Waals surface area (Å²) in [5.74, 6) is 0.601. The number of hydrogen-bond acceptors (Lipinski definition) is 6. The molecule has 2 heterocycles. The van der Waals surface area contributed by atoms with Crippen LogP contribution in [-0.4, -0.2) is 55.7 Å². The third kappa shape index (κ3) is 4.08. The highest BCUT2D eigenvalue weighted by atomic mass is 16.5. The zero-order valence-corrected chi connectivity index (χ0v) is 18.8. The summed E-state index contributed by atoms with van der Waals surface area (Å²) in [6, 6.07) is 14.3. The number of amides is 2. The Balaban J connectivity index is 1.80. The Morgan fingerprint density at radius 1 is 0.969 bits per heavy atom. The second kappa shape index (κ2) is 9.04. The van der Waals surface area contributed by atoms with Crippen molar-refractivity contribution in [1.29, 1.82) is 0 Å². The number of carbonyl (C=O) groups is 2. The first-order valence-electron chi connectivity index (χ1n) is 10.8. The van der Waals surface area contributed by atoms with Gasteiger partial charge in [-0.3, -0.25) is 9.59 Å². The first-order chi connectivity index (χ1) is 15.4.